The van der Waals surface area contributed by atoms with Crippen LogP contribution in [0.2, 0.25) is 0 Å². The molecule has 0 radical (unpaired) electrons. The maximum Gasteiger partial charge on any atom is 0.231 e. The van der Waals surface area contributed by atoms with E-state index in [9.17, 15) is 4.79 Å². The van der Waals surface area contributed by atoms with Crippen LogP contribution in [0.3, 0.4) is 0 Å². The highest BCUT2D eigenvalue weighted by Gasteiger charge is 2.35. The smallest absolute Gasteiger partial charge is 0.231 e. The third kappa shape index (κ3) is 5.40. The Bertz CT molecular complexity index is 908. The summed E-state index contributed by atoms with van der Waals surface area (Å²) in [5.41, 5.74) is 5.48. The van der Waals surface area contributed by atoms with E-state index in [-0.39, 0.29) is 18.6 Å². The van der Waals surface area contributed by atoms with Crippen molar-refractivity contribution in [3.05, 3.63) is 52.6 Å². The highest BCUT2D eigenvalue weighted by molar-refractivity contribution is 5.95. The molecule has 0 aliphatic carbocycles. The summed E-state index contributed by atoms with van der Waals surface area (Å²) in [5, 5.41) is 0. The molecule has 0 amide bonds. The fourth-order valence-corrected chi connectivity index (χ4v) is 4.20. The van der Waals surface area contributed by atoms with E-state index in [4.69, 9.17) is 14.2 Å². The molecule has 1 aromatic carbocycles. The molecule has 0 bridgehead atoms. The minimum Gasteiger partial charge on any atom is -0.492 e. The first-order valence-corrected chi connectivity index (χ1v) is 11.0. The number of fused-ring (bicyclic) bond motifs is 2. The first kappa shape index (κ1) is 23.1. The predicted molar refractivity (Wildman–Crippen MR) is 124 cm³/mol. The predicted octanol–water partition coefficient (Wildman–Crippen LogP) is 5.55. The van der Waals surface area contributed by atoms with E-state index in [0.29, 0.717) is 29.9 Å². The Balaban J connectivity index is 1.72. The number of ether oxygens (including phenoxy) is 3. The minimum absolute atomic E-state index is 0.0693. The van der Waals surface area contributed by atoms with Gasteiger partial charge in [0.25, 0.3) is 0 Å². The maximum absolute atomic E-state index is 13.1. The topological polar surface area (TPSA) is 48.0 Å². The molecule has 31 heavy (non-hydrogen) atoms. The van der Waals surface area contributed by atoms with Crippen molar-refractivity contribution in [3.8, 4) is 17.2 Å². The minimum atomic E-state index is -0.0693. The van der Waals surface area contributed by atoms with Crippen molar-refractivity contribution < 1.29 is 19.0 Å². The highest BCUT2D eigenvalue weighted by atomic mass is 16.7. The monoisotopic (exact) mass is 425 g/mol. The molecule has 2 aliphatic rings. The van der Waals surface area contributed by atoms with E-state index >= 15 is 0 Å². The number of allylic oxidation sites excluding steroid dienone is 5. The number of benzene rings is 1. The van der Waals surface area contributed by atoms with Crippen molar-refractivity contribution in [2.75, 3.05) is 27.5 Å². The number of likely N-dealkylation sites (N-methyl/N-ethyl adjacent to an activating group) is 1. The van der Waals surface area contributed by atoms with E-state index in [1.165, 1.54) is 11.1 Å². The van der Waals surface area contributed by atoms with Gasteiger partial charge in [-0.3, -0.25) is 9.69 Å². The lowest BCUT2D eigenvalue weighted by Crippen LogP contribution is -2.34. The van der Waals surface area contributed by atoms with Gasteiger partial charge in [0.15, 0.2) is 17.3 Å². The highest BCUT2D eigenvalue weighted by Crippen LogP contribution is 2.50. The molecule has 5 nitrogen and oxygen atoms in total. The molecular formula is C26H35NO4. The van der Waals surface area contributed by atoms with Crippen LogP contribution in [0.5, 0.6) is 17.2 Å². The number of hydrogen-bond acceptors (Lipinski definition) is 5. The van der Waals surface area contributed by atoms with E-state index in [2.05, 4.69) is 51.4 Å². The lowest BCUT2D eigenvalue weighted by Gasteiger charge is -2.35. The Morgan fingerprint density at radius 3 is 2.77 bits per heavy atom. The van der Waals surface area contributed by atoms with Crippen molar-refractivity contribution in [1.29, 1.82) is 0 Å². The fourth-order valence-electron chi connectivity index (χ4n) is 4.20. The zero-order chi connectivity index (χ0) is 22.5. The molecule has 0 aromatic heterocycles. The van der Waals surface area contributed by atoms with Crippen molar-refractivity contribution >= 4 is 5.78 Å². The lowest BCUT2D eigenvalue weighted by molar-refractivity contribution is -0.116. The molecule has 0 unspecified atom stereocenters. The van der Waals surface area contributed by atoms with Crippen LogP contribution in [0.4, 0.5) is 0 Å². The summed E-state index contributed by atoms with van der Waals surface area (Å²) in [6.45, 7) is 11.5. The molecule has 2 aliphatic heterocycles. The van der Waals surface area contributed by atoms with Gasteiger partial charge in [-0.25, -0.2) is 0 Å². The van der Waals surface area contributed by atoms with Crippen LogP contribution >= 0.6 is 0 Å². The number of nitrogens with zero attached hydrogens (tertiary/aromatic N) is 1. The van der Waals surface area contributed by atoms with Gasteiger partial charge in [-0.1, -0.05) is 29.9 Å². The van der Waals surface area contributed by atoms with E-state index in [1.807, 2.05) is 6.07 Å². The molecule has 168 valence electrons. The van der Waals surface area contributed by atoms with Crippen molar-refractivity contribution in [2.45, 2.75) is 58.9 Å². The Labute approximate surface area is 186 Å². The zero-order valence-corrected chi connectivity index (χ0v) is 19.5. The Morgan fingerprint density at radius 2 is 2.06 bits per heavy atom. The molecule has 0 saturated carbocycles. The van der Waals surface area contributed by atoms with Gasteiger partial charge in [0, 0.05) is 24.6 Å². The second-order valence-corrected chi connectivity index (χ2v) is 8.77. The molecular weight excluding hydrogens is 390 g/mol. The summed E-state index contributed by atoms with van der Waals surface area (Å²) >= 11 is 0. The van der Waals surface area contributed by atoms with Crippen molar-refractivity contribution in [3.63, 3.8) is 0 Å². The Kier molecular flexibility index (Phi) is 7.60. The van der Waals surface area contributed by atoms with Gasteiger partial charge in [0.2, 0.25) is 12.5 Å². The third-order valence-electron chi connectivity index (χ3n) is 6.11. The van der Waals surface area contributed by atoms with E-state index < -0.39 is 0 Å². The number of carbonyl (C=O) groups excluding carboxylic acids is 1. The van der Waals surface area contributed by atoms with Crippen LogP contribution in [-0.2, 0) is 11.2 Å². The van der Waals surface area contributed by atoms with Crippen molar-refractivity contribution in [2.24, 2.45) is 0 Å². The number of hydrogen-bond donors (Lipinski definition) is 0. The number of Topliss-reactive ketones (excluding diaryl/α,β-unsaturated/α-hetero) is 1. The standard InChI is InChI=1S/C26H35NO4/c1-17(2)8-7-9-18(3)10-11-19(4)22(28)15-21-24-20(12-13-27(21)5)14-23-25(26(24)29-6)31-16-30-23/h8,10,14,21H,4,7,9,11-13,15-16H2,1-3,5-6H3/t21-/m0/s1. The first-order chi connectivity index (χ1) is 14.8. The average molecular weight is 426 g/mol. The summed E-state index contributed by atoms with van der Waals surface area (Å²) in [6, 6.07) is 1.97. The van der Waals surface area contributed by atoms with Crippen LogP contribution in [0, 0.1) is 0 Å². The van der Waals surface area contributed by atoms with Gasteiger partial charge in [0.1, 0.15) is 0 Å². The van der Waals surface area contributed by atoms with Crippen LogP contribution < -0.4 is 14.2 Å². The number of ketones is 1. The molecule has 0 N–H and O–H groups in total. The molecule has 1 aromatic rings. The molecule has 3 rings (SSSR count). The molecule has 0 spiro atoms. The summed E-state index contributed by atoms with van der Waals surface area (Å²) in [4.78, 5) is 15.3. The second-order valence-electron chi connectivity index (χ2n) is 8.77. The Hall–Kier alpha value is -2.53. The lowest BCUT2D eigenvalue weighted by atomic mass is 9.87. The molecule has 0 fully saturated rings. The van der Waals surface area contributed by atoms with Crippen LogP contribution in [-0.4, -0.2) is 38.2 Å². The van der Waals surface area contributed by atoms with Gasteiger partial charge in [-0.05, 0) is 70.7 Å². The molecule has 1 atom stereocenters. The first-order valence-electron chi connectivity index (χ1n) is 11.0. The summed E-state index contributed by atoms with van der Waals surface area (Å²) in [7, 11) is 3.70. The van der Waals surface area contributed by atoms with Crippen LogP contribution in [0.1, 0.15) is 63.6 Å². The van der Waals surface area contributed by atoms with Gasteiger partial charge in [0.05, 0.1) is 7.11 Å². The second kappa shape index (κ2) is 10.2. The summed E-state index contributed by atoms with van der Waals surface area (Å²) in [5.74, 6) is 2.15. The Morgan fingerprint density at radius 1 is 1.29 bits per heavy atom. The van der Waals surface area contributed by atoms with E-state index in [0.717, 1.165) is 42.7 Å². The van der Waals surface area contributed by atoms with Crippen LogP contribution in [0.15, 0.2) is 41.5 Å². The SMILES string of the molecule is C=C(CC=C(C)CCC=C(C)C)C(=O)C[C@H]1c2c(cc3c(c2OC)OCO3)CCN1C. The fraction of sp³-hybridized carbons (Fsp3) is 0.500. The maximum atomic E-state index is 13.1. The van der Waals surface area contributed by atoms with E-state index in [1.54, 1.807) is 7.11 Å². The number of carbonyl (C=O) groups is 1. The quantitative estimate of drug-likeness (QED) is 0.383. The van der Waals surface area contributed by atoms with Gasteiger partial charge in [-0.15, -0.1) is 0 Å². The molecule has 2 heterocycles. The summed E-state index contributed by atoms with van der Waals surface area (Å²) in [6.07, 6.45) is 8.28. The third-order valence-corrected chi connectivity index (χ3v) is 6.11. The molecule has 0 saturated heterocycles. The van der Waals surface area contributed by atoms with Crippen LogP contribution in [0.25, 0.3) is 0 Å². The number of rotatable bonds is 9. The average Bonchev–Trinajstić information content (AvgIpc) is 3.20. The normalized spacial score (nSPS) is 17.8. The largest absolute Gasteiger partial charge is 0.492 e. The van der Waals surface area contributed by atoms with Gasteiger partial charge < -0.3 is 14.2 Å². The zero-order valence-electron chi connectivity index (χ0n) is 19.5. The van der Waals surface area contributed by atoms with Crippen molar-refractivity contribution in [1.82, 2.24) is 4.90 Å². The summed E-state index contributed by atoms with van der Waals surface area (Å²) < 4.78 is 17.0. The molecule has 5 heteroatoms. The van der Waals surface area contributed by atoms with Gasteiger partial charge in [-0.2, -0.15) is 0 Å². The number of methoxy groups -OCH3 is 1. The van der Waals surface area contributed by atoms with Gasteiger partial charge >= 0.3 is 0 Å².